The summed E-state index contributed by atoms with van der Waals surface area (Å²) < 4.78 is 5.10. The molecule has 162 valence electrons. The Bertz CT molecular complexity index is 836. The summed E-state index contributed by atoms with van der Waals surface area (Å²) >= 11 is 0. The van der Waals surface area contributed by atoms with Gasteiger partial charge in [-0.2, -0.15) is 0 Å². The van der Waals surface area contributed by atoms with Crippen molar-refractivity contribution in [1.29, 1.82) is 0 Å². The molecule has 0 bridgehead atoms. The molecule has 0 unspecified atom stereocenters. The molecule has 9 nitrogen and oxygen atoms in total. The van der Waals surface area contributed by atoms with Gasteiger partial charge in [0.15, 0.2) is 0 Å². The van der Waals surface area contributed by atoms with Crippen LogP contribution in [0, 0.1) is 0 Å². The summed E-state index contributed by atoms with van der Waals surface area (Å²) in [6.45, 7) is 2.89. The van der Waals surface area contributed by atoms with Gasteiger partial charge >= 0.3 is 6.03 Å². The number of hydrogen-bond donors (Lipinski definition) is 3. The van der Waals surface area contributed by atoms with Crippen LogP contribution in [0.25, 0.3) is 0 Å². The lowest BCUT2D eigenvalue weighted by Gasteiger charge is -2.30. The third-order valence-corrected chi connectivity index (χ3v) is 5.47. The molecular weight excluding hydrogens is 388 g/mol. The summed E-state index contributed by atoms with van der Waals surface area (Å²) in [5.74, 6) is -0.295. The molecule has 1 aromatic rings. The number of amides is 5. The largest absolute Gasteiger partial charge is 0.497 e. The van der Waals surface area contributed by atoms with E-state index in [1.54, 1.807) is 45.2 Å². The molecule has 0 aromatic heterocycles. The predicted molar refractivity (Wildman–Crippen MR) is 109 cm³/mol. The molecule has 2 fully saturated rings. The molecule has 0 radical (unpaired) electrons. The van der Waals surface area contributed by atoms with E-state index in [9.17, 15) is 19.2 Å². The molecule has 30 heavy (non-hydrogen) atoms. The SMILES string of the molecule is COc1ccc(C(=O)N[C@@H]2CCC[C@@H](NC(=O)CN3C(=O)NC(C)(C)C3=O)C2)cc1. The van der Waals surface area contributed by atoms with Crippen molar-refractivity contribution in [2.24, 2.45) is 0 Å². The number of ether oxygens (including phenoxy) is 1. The highest BCUT2D eigenvalue weighted by molar-refractivity contribution is 6.08. The van der Waals surface area contributed by atoms with Gasteiger partial charge in [0, 0.05) is 17.6 Å². The molecular formula is C21H28N4O5. The molecule has 3 rings (SSSR count). The van der Waals surface area contributed by atoms with Crippen LogP contribution in [-0.4, -0.2) is 59.9 Å². The molecule has 1 aliphatic carbocycles. The molecule has 1 saturated carbocycles. The van der Waals surface area contributed by atoms with Crippen LogP contribution in [0.2, 0.25) is 0 Å². The average molecular weight is 416 g/mol. The molecule has 3 N–H and O–H groups in total. The summed E-state index contributed by atoms with van der Waals surface area (Å²) in [6, 6.07) is 6.13. The maximum atomic E-state index is 12.5. The van der Waals surface area contributed by atoms with E-state index in [1.807, 2.05) is 0 Å². The standard InChI is InChI=1S/C21H28N4O5/c1-21(2)19(28)25(20(29)24-21)12-17(26)22-14-5-4-6-15(11-14)23-18(27)13-7-9-16(30-3)10-8-13/h7-10,14-15H,4-6,11-12H2,1-3H3,(H,22,26)(H,23,27)(H,24,29)/t14-,15-/m1/s1. The van der Waals surface area contributed by atoms with Crippen molar-refractivity contribution in [2.75, 3.05) is 13.7 Å². The van der Waals surface area contributed by atoms with E-state index in [0.29, 0.717) is 17.7 Å². The highest BCUT2D eigenvalue weighted by Gasteiger charge is 2.45. The van der Waals surface area contributed by atoms with Crippen molar-refractivity contribution < 1.29 is 23.9 Å². The molecule has 5 amide bonds. The van der Waals surface area contributed by atoms with E-state index in [1.165, 1.54) is 0 Å². The van der Waals surface area contributed by atoms with Crippen LogP contribution in [0.15, 0.2) is 24.3 Å². The van der Waals surface area contributed by atoms with Crippen LogP contribution in [0.3, 0.4) is 0 Å². The van der Waals surface area contributed by atoms with Crippen LogP contribution in [0.1, 0.15) is 49.9 Å². The van der Waals surface area contributed by atoms with Gasteiger partial charge in [0.1, 0.15) is 17.8 Å². The second kappa shape index (κ2) is 8.73. The zero-order valence-corrected chi connectivity index (χ0v) is 17.5. The van der Waals surface area contributed by atoms with E-state index in [0.717, 1.165) is 24.2 Å². The lowest BCUT2D eigenvalue weighted by atomic mass is 9.90. The van der Waals surface area contributed by atoms with E-state index in [4.69, 9.17) is 4.74 Å². The maximum Gasteiger partial charge on any atom is 0.325 e. The van der Waals surface area contributed by atoms with Crippen molar-refractivity contribution in [3.8, 4) is 5.75 Å². The fraction of sp³-hybridized carbons (Fsp3) is 0.524. The predicted octanol–water partition coefficient (Wildman–Crippen LogP) is 1.18. The number of carbonyl (C=O) groups is 4. The smallest absolute Gasteiger partial charge is 0.325 e. The Kier molecular flexibility index (Phi) is 6.28. The van der Waals surface area contributed by atoms with Crippen molar-refractivity contribution in [1.82, 2.24) is 20.9 Å². The zero-order valence-electron chi connectivity index (χ0n) is 17.5. The lowest BCUT2D eigenvalue weighted by Crippen LogP contribution is -2.49. The lowest BCUT2D eigenvalue weighted by molar-refractivity contribution is -0.134. The number of carbonyl (C=O) groups excluding carboxylic acids is 4. The number of benzene rings is 1. The summed E-state index contributed by atoms with van der Waals surface area (Å²) in [7, 11) is 1.57. The van der Waals surface area contributed by atoms with Gasteiger partial charge in [-0.25, -0.2) is 4.79 Å². The van der Waals surface area contributed by atoms with Gasteiger partial charge in [0.25, 0.3) is 11.8 Å². The Hall–Kier alpha value is -3.10. The summed E-state index contributed by atoms with van der Waals surface area (Å²) in [5.41, 5.74) is -0.456. The third kappa shape index (κ3) is 4.90. The quantitative estimate of drug-likeness (QED) is 0.602. The summed E-state index contributed by atoms with van der Waals surface area (Å²) in [6.07, 6.45) is 3.07. The average Bonchev–Trinajstić information content (AvgIpc) is 2.89. The van der Waals surface area contributed by atoms with E-state index in [-0.39, 0.29) is 30.4 Å². The van der Waals surface area contributed by atoms with E-state index in [2.05, 4.69) is 16.0 Å². The van der Waals surface area contributed by atoms with Crippen molar-refractivity contribution in [2.45, 2.75) is 57.2 Å². The minimum atomic E-state index is -1.00. The number of imide groups is 1. The molecule has 1 aromatic carbocycles. The third-order valence-electron chi connectivity index (χ3n) is 5.47. The molecule has 9 heteroatoms. The topological polar surface area (TPSA) is 117 Å². The molecule has 2 atom stereocenters. The van der Waals surface area contributed by atoms with Crippen LogP contribution < -0.4 is 20.7 Å². The fourth-order valence-corrected chi connectivity index (χ4v) is 3.84. The Balaban J connectivity index is 1.50. The maximum absolute atomic E-state index is 12.5. The highest BCUT2D eigenvalue weighted by atomic mass is 16.5. The first kappa shape index (κ1) is 21.6. The van der Waals surface area contributed by atoms with Gasteiger partial charge < -0.3 is 20.7 Å². The number of methoxy groups -OCH3 is 1. The highest BCUT2D eigenvalue weighted by Crippen LogP contribution is 2.20. The van der Waals surface area contributed by atoms with Gasteiger partial charge in [-0.1, -0.05) is 0 Å². The normalized spacial score (nSPS) is 23.0. The first-order valence-electron chi connectivity index (χ1n) is 10.1. The molecule has 2 aliphatic rings. The van der Waals surface area contributed by atoms with Crippen LogP contribution >= 0.6 is 0 Å². The first-order chi connectivity index (χ1) is 14.2. The molecule has 0 spiro atoms. The number of urea groups is 1. The Morgan fingerprint density at radius 2 is 1.77 bits per heavy atom. The Morgan fingerprint density at radius 1 is 1.13 bits per heavy atom. The minimum Gasteiger partial charge on any atom is -0.497 e. The number of nitrogens with zero attached hydrogens (tertiary/aromatic N) is 1. The van der Waals surface area contributed by atoms with Crippen molar-refractivity contribution in [3.05, 3.63) is 29.8 Å². The molecule has 1 saturated heterocycles. The summed E-state index contributed by atoms with van der Waals surface area (Å²) in [5, 5.41) is 8.46. The minimum absolute atomic E-state index is 0.0608. The van der Waals surface area contributed by atoms with Crippen molar-refractivity contribution >= 4 is 23.8 Å². The van der Waals surface area contributed by atoms with Crippen LogP contribution in [-0.2, 0) is 9.59 Å². The Labute approximate surface area is 175 Å². The van der Waals surface area contributed by atoms with Crippen LogP contribution in [0.5, 0.6) is 5.75 Å². The zero-order chi connectivity index (χ0) is 21.9. The van der Waals surface area contributed by atoms with Gasteiger partial charge in [0.2, 0.25) is 5.91 Å². The first-order valence-corrected chi connectivity index (χ1v) is 10.1. The number of rotatable bonds is 6. The monoisotopic (exact) mass is 416 g/mol. The number of hydrogen-bond acceptors (Lipinski definition) is 5. The molecule has 1 aliphatic heterocycles. The number of nitrogens with one attached hydrogen (secondary N) is 3. The Morgan fingerprint density at radius 3 is 2.33 bits per heavy atom. The van der Waals surface area contributed by atoms with Gasteiger partial charge in [-0.05, 0) is 63.8 Å². The van der Waals surface area contributed by atoms with Gasteiger partial charge in [0.05, 0.1) is 7.11 Å². The second-order valence-electron chi connectivity index (χ2n) is 8.28. The van der Waals surface area contributed by atoms with Crippen LogP contribution in [0.4, 0.5) is 4.79 Å². The van der Waals surface area contributed by atoms with E-state index < -0.39 is 17.5 Å². The van der Waals surface area contributed by atoms with Crippen molar-refractivity contribution in [3.63, 3.8) is 0 Å². The van der Waals surface area contributed by atoms with Gasteiger partial charge in [-0.3, -0.25) is 19.3 Å². The van der Waals surface area contributed by atoms with E-state index >= 15 is 0 Å². The molecule has 1 heterocycles. The summed E-state index contributed by atoms with van der Waals surface area (Å²) in [4.78, 5) is 50.0. The second-order valence-corrected chi connectivity index (χ2v) is 8.28. The van der Waals surface area contributed by atoms with Gasteiger partial charge in [-0.15, -0.1) is 0 Å². The fourth-order valence-electron chi connectivity index (χ4n) is 3.84.